The number of benzene rings is 1. The third kappa shape index (κ3) is 5.87. The quantitative estimate of drug-likeness (QED) is 0.272. The van der Waals surface area contributed by atoms with Gasteiger partial charge < -0.3 is 20.0 Å². The summed E-state index contributed by atoms with van der Waals surface area (Å²) in [5, 5.41) is 19.0. The third-order valence-corrected chi connectivity index (χ3v) is 7.32. The summed E-state index contributed by atoms with van der Waals surface area (Å²) >= 11 is 6.52. The van der Waals surface area contributed by atoms with Crippen molar-refractivity contribution >= 4 is 17.8 Å². The second-order valence-corrected chi connectivity index (χ2v) is 9.52. The maximum Gasteiger partial charge on any atom is 0.144 e. The number of hydrogen-bond donors (Lipinski definition) is 2. The largest absolute Gasteiger partial charge is 0.507 e. The lowest BCUT2D eigenvalue weighted by atomic mass is 9.76. The summed E-state index contributed by atoms with van der Waals surface area (Å²) in [7, 11) is 3.03. The smallest absolute Gasteiger partial charge is 0.144 e. The second kappa shape index (κ2) is 11.2. The van der Waals surface area contributed by atoms with Crippen LogP contribution in [0.1, 0.15) is 62.6 Å². The van der Waals surface area contributed by atoms with Gasteiger partial charge in [0, 0.05) is 23.2 Å². The fourth-order valence-corrected chi connectivity index (χ4v) is 4.89. The molecule has 2 N–H and O–H groups in total. The fourth-order valence-electron chi connectivity index (χ4n) is 4.60. The normalized spacial score (nSPS) is 24.4. The predicted molar refractivity (Wildman–Crippen MR) is 132 cm³/mol. The van der Waals surface area contributed by atoms with E-state index in [1.54, 1.807) is 7.11 Å². The highest BCUT2D eigenvalue weighted by Gasteiger charge is 2.32. The summed E-state index contributed by atoms with van der Waals surface area (Å²) in [4.78, 5) is 4.78. The first-order chi connectivity index (χ1) is 15.4. The van der Waals surface area contributed by atoms with Crippen molar-refractivity contribution in [2.24, 2.45) is 17.0 Å². The van der Waals surface area contributed by atoms with Gasteiger partial charge in [-0.15, -0.1) is 0 Å². The minimum absolute atomic E-state index is 0.118. The Morgan fingerprint density at radius 2 is 2.00 bits per heavy atom. The van der Waals surface area contributed by atoms with Gasteiger partial charge in [0.1, 0.15) is 18.6 Å². The van der Waals surface area contributed by atoms with Crippen molar-refractivity contribution in [3.05, 3.63) is 45.5 Å². The minimum Gasteiger partial charge on any atom is -0.507 e. The molecular formula is C26H37ClN2O3. The van der Waals surface area contributed by atoms with Gasteiger partial charge in [-0.1, -0.05) is 53.9 Å². The number of nitrogens with zero attached hydrogens (tertiary/aromatic N) is 1. The van der Waals surface area contributed by atoms with Gasteiger partial charge in [0.15, 0.2) is 0 Å². The van der Waals surface area contributed by atoms with Crippen LogP contribution in [-0.4, -0.2) is 37.6 Å². The third-order valence-electron chi connectivity index (χ3n) is 6.86. The van der Waals surface area contributed by atoms with Crippen LogP contribution in [-0.2, 0) is 11.3 Å². The van der Waals surface area contributed by atoms with E-state index >= 15 is 0 Å². The van der Waals surface area contributed by atoms with Gasteiger partial charge in [0.2, 0.25) is 0 Å². The molecule has 32 heavy (non-hydrogen) atoms. The first-order valence-electron chi connectivity index (χ1n) is 11.6. The Balaban J connectivity index is 1.74. The highest BCUT2D eigenvalue weighted by atomic mass is 35.5. The number of oxime groups is 1. The van der Waals surface area contributed by atoms with Crippen LogP contribution in [0.25, 0.3) is 0 Å². The van der Waals surface area contributed by atoms with Gasteiger partial charge in [0.25, 0.3) is 0 Å². The maximum absolute atomic E-state index is 10.9. The van der Waals surface area contributed by atoms with Crippen LogP contribution in [0.4, 0.5) is 0 Å². The van der Waals surface area contributed by atoms with E-state index in [2.05, 4.69) is 42.5 Å². The van der Waals surface area contributed by atoms with E-state index in [-0.39, 0.29) is 5.75 Å². The molecule has 2 fully saturated rings. The van der Waals surface area contributed by atoms with Crippen LogP contribution in [0.15, 0.2) is 29.0 Å². The molecule has 0 heterocycles. The Kier molecular flexibility index (Phi) is 8.66. The lowest BCUT2D eigenvalue weighted by Gasteiger charge is -2.35. The molecule has 5 nitrogen and oxygen atoms in total. The number of phenols is 1. The van der Waals surface area contributed by atoms with Crippen LogP contribution in [0.5, 0.6) is 11.5 Å². The number of ether oxygens (including phenoxy) is 1. The number of hydrogen-bond acceptors (Lipinski definition) is 5. The zero-order valence-corrected chi connectivity index (χ0v) is 20.7. The van der Waals surface area contributed by atoms with Gasteiger partial charge in [-0.25, -0.2) is 0 Å². The van der Waals surface area contributed by atoms with Crippen molar-refractivity contribution in [2.75, 3.05) is 14.2 Å². The molecule has 3 rings (SSSR count). The Hall–Kier alpha value is -1.98. The van der Waals surface area contributed by atoms with Gasteiger partial charge >= 0.3 is 0 Å². The molecule has 0 aliphatic heterocycles. The molecule has 0 amide bonds. The Labute approximate surface area is 197 Å². The van der Waals surface area contributed by atoms with Crippen LogP contribution in [0, 0.1) is 18.8 Å². The molecule has 2 unspecified atom stereocenters. The van der Waals surface area contributed by atoms with E-state index in [4.69, 9.17) is 21.2 Å². The number of halogens is 1. The molecule has 2 saturated carbocycles. The zero-order valence-electron chi connectivity index (χ0n) is 20.0. The monoisotopic (exact) mass is 460 g/mol. The molecule has 3 atom stereocenters. The van der Waals surface area contributed by atoms with Gasteiger partial charge in [-0.05, 0) is 63.4 Å². The number of nitrogens with one attached hydrogen (secondary N) is 1. The van der Waals surface area contributed by atoms with Crippen LogP contribution >= 0.6 is 11.6 Å². The Morgan fingerprint density at radius 1 is 1.25 bits per heavy atom. The van der Waals surface area contributed by atoms with E-state index in [1.165, 1.54) is 45.4 Å². The molecular weight excluding hydrogens is 424 g/mol. The zero-order chi connectivity index (χ0) is 23.3. The van der Waals surface area contributed by atoms with E-state index < -0.39 is 0 Å². The molecule has 2 aliphatic carbocycles. The van der Waals surface area contributed by atoms with Crippen molar-refractivity contribution in [1.82, 2.24) is 5.32 Å². The van der Waals surface area contributed by atoms with Gasteiger partial charge in [-0.3, -0.25) is 0 Å². The highest BCUT2D eigenvalue weighted by Crippen LogP contribution is 2.41. The molecule has 2 aliphatic rings. The molecule has 176 valence electrons. The van der Waals surface area contributed by atoms with Crippen molar-refractivity contribution < 1.29 is 14.7 Å². The van der Waals surface area contributed by atoms with Crippen LogP contribution in [0.2, 0.25) is 5.02 Å². The number of methoxy groups -OCH3 is 1. The molecule has 0 spiro atoms. The molecule has 0 bridgehead atoms. The molecule has 0 radical (unpaired) electrons. The Morgan fingerprint density at radius 3 is 2.66 bits per heavy atom. The average Bonchev–Trinajstić information content (AvgIpc) is 3.60. The van der Waals surface area contributed by atoms with Crippen molar-refractivity contribution in [3.63, 3.8) is 0 Å². The minimum atomic E-state index is 0.118. The predicted octanol–water partition coefficient (Wildman–Crippen LogP) is 5.94. The average molecular weight is 461 g/mol. The summed E-state index contributed by atoms with van der Waals surface area (Å²) in [5.74, 6) is 1.86. The molecule has 0 saturated heterocycles. The van der Waals surface area contributed by atoms with E-state index in [0.29, 0.717) is 51.8 Å². The summed E-state index contributed by atoms with van der Waals surface area (Å²) in [6, 6.07) is 1.40. The Bertz CT molecular complexity index is 890. The maximum atomic E-state index is 10.9. The van der Waals surface area contributed by atoms with E-state index in [0.717, 1.165) is 11.6 Å². The lowest BCUT2D eigenvalue weighted by molar-refractivity contribution is 0.215. The topological polar surface area (TPSA) is 63.1 Å². The second-order valence-electron chi connectivity index (χ2n) is 9.14. The molecule has 0 aromatic heterocycles. The first kappa shape index (κ1) is 24.7. The van der Waals surface area contributed by atoms with Gasteiger partial charge in [-0.2, -0.15) is 0 Å². The summed E-state index contributed by atoms with van der Waals surface area (Å²) in [6.45, 7) is 6.30. The number of allylic oxidation sites excluding steroid dienone is 4. The number of aromatic hydroxyl groups is 1. The number of rotatable bonds is 9. The van der Waals surface area contributed by atoms with Gasteiger partial charge in [0.05, 0.1) is 18.3 Å². The van der Waals surface area contributed by atoms with E-state index in [1.807, 2.05) is 6.92 Å². The van der Waals surface area contributed by atoms with Crippen molar-refractivity contribution in [3.8, 4) is 11.5 Å². The SMILES string of the molecule is CO/N=C/c1c(C)c(Cl)c(OC)c(C/C=C(C)/C=C/C2CCCC(NC3CC3)[C@@H]2C)c1O. The van der Waals surface area contributed by atoms with Crippen molar-refractivity contribution in [2.45, 2.75) is 71.4 Å². The van der Waals surface area contributed by atoms with Crippen molar-refractivity contribution in [1.29, 1.82) is 0 Å². The van der Waals surface area contributed by atoms with Crippen LogP contribution < -0.4 is 10.1 Å². The first-order valence-corrected chi connectivity index (χ1v) is 12.0. The molecule has 1 aromatic rings. The molecule has 1 aromatic carbocycles. The molecule has 6 heteroatoms. The van der Waals surface area contributed by atoms with E-state index in [9.17, 15) is 5.11 Å². The number of phenolic OH excluding ortho intramolecular Hbond substituents is 1. The highest BCUT2D eigenvalue weighted by molar-refractivity contribution is 6.33. The summed E-state index contributed by atoms with van der Waals surface area (Å²) < 4.78 is 5.53. The summed E-state index contributed by atoms with van der Waals surface area (Å²) in [6.07, 6.45) is 15.2. The van der Waals surface area contributed by atoms with Crippen LogP contribution in [0.3, 0.4) is 0 Å². The summed E-state index contributed by atoms with van der Waals surface area (Å²) in [5.41, 5.74) is 3.04. The standard InChI is InChI=1S/C26H37ClN2O3/c1-16(9-11-19-7-6-8-23(17(19)2)29-20-12-13-20)10-14-21-25(30)22(15-28-32-5)18(3)24(27)26(21)31-4/h9-11,15,17,19-20,23,29-30H,6-8,12-14H2,1-5H3/b11-9+,16-10+,28-15+/t17-,19?,23?/m1/s1. The lowest BCUT2D eigenvalue weighted by Crippen LogP contribution is -2.41. The fraction of sp³-hybridized carbons (Fsp3) is 0.577.